The SMILES string of the molecule is COc1ccc(CN(C)Cc2ccc(C(=O)Nc3ccccc3)cc2)c(OC)c1. The van der Waals surface area contributed by atoms with Crippen LogP contribution in [0.5, 0.6) is 11.5 Å². The van der Waals surface area contributed by atoms with Crippen molar-refractivity contribution in [1.29, 1.82) is 0 Å². The Hall–Kier alpha value is -3.31. The highest BCUT2D eigenvalue weighted by molar-refractivity contribution is 6.04. The van der Waals surface area contributed by atoms with Crippen molar-refractivity contribution in [1.82, 2.24) is 4.90 Å². The molecular formula is C24H26N2O3. The third kappa shape index (κ3) is 5.59. The minimum absolute atomic E-state index is 0.112. The molecule has 1 amide bonds. The van der Waals surface area contributed by atoms with Crippen molar-refractivity contribution in [3.8, 4) is 11.5 Å². The van der Waals surface area contributed by atoms with Crippen molar-refractivity contribution >= 4 is 11.6 Å². The van der Waals surface area contributed by atoms with Gasteiger partial charge >= 0.3 is 0 Å². The van der Waals surface area contributed by atoms with Gasteiger partial charge in [-0.25, -0.2) is 0 Å². The average molecular weight is 390 g/mol. The number of carbonyl (C=O) groups is 1. The molecule has 5 nitrogen and oxygen atoms in total. The fourth-order valence-corrected chi connectivity index (χ4v) is 3.13. The van der Waals surface area contributed by atoms with Gasteiger partial charge in [-0.15, -0.1) is 0 Å². The molecule has 5 heteroatoms. The van der Waals surface area contributed by atoms with Gasteiger partial charge in [0.05, 0.1) is 14.2 Å². The van der Waals surface area contributed by atoms with E-state index in [1.54, 1.807) is 14.2 Å². The average Bonchev–Trinajstić information content (AvgIpc) is 2.75. The van der Waals surface area contributed by atoms with Gasteiger partial charge in [-0.2, -0.15) is 0 Å². The topological polar surface area (TPSA) is 50.8 Å². The predicted molar refractivity (Wildman–Crippen MR) is 116 cm³/mol. The number of nitrogens with one attached hydrogen (secondary N) is 1. The molecule has 0 spiro atoms. The van der Waals surface area contributed by atoms with E-state index in [-0.39, 0.29) is 5.91 Å². The Kier molecular flexibility index (Phi) is 6.87. The van der Waals surface area contributed by atoms with Gasteiger partial charge in [-0.3, -0.25) is 9.69 Å². The minimum atomic E-state index is -0.112. The van der Waals surface area contributed by atoms with Crippen LogP contribution in [0.1, 0.15) is 21.5 Å². The summed E-state index contributed by atoms with van der Waals surface area (Å²) in [6.45, 7) is 1.50. The summed E-state index contributed by atoms with van der Waals surface area (Å²) >= 11 is 0. The highest BCUT2D eigenvalue weighted by Crippen LogP contribution is 2.25. The first-order valence-corrected chi connectivity index (χ1v) is 9.44. The third-order valence-electron chi connectivity index (χ3n) is 4.63. The molecule has 150 valence electrons. The summed E-state index contributed by atoms with van der Waals surface area (Å²) in [6, 6.07) is 23.0. The predicted octanol–water partition coefficient (Wildman–Crippen LogP) is 4.59. The number of ether oxygens (including phenoxy) is 2. The van der Waals surface area contributed by atoms with Crippen LogP contribution in [0.4, 0.5) is 5.69 Å². The molecule has 3 rings (SSSR count). The molecule has 0 aliphatic rings. The van der Waals surface area contributed by atoms with E-state index in [4.69, 9.17) is 9.47 Å². The summed E-state index contributed by atoms with van der Waals surface area (Å²) in [5.74, 6) is 1.47. The van der Waals surface area contributed by atoms with E-state index in [0.717, 1.165) is 41.4 Å². The summed E-state index contributed by atoms with van der Waals surface area (Å²) in [4.78, 5) is 14.6. The lowest BCUT2D eigenvalue weighted by atomic mass is 10.1. The highest BCUT2D eigenvalue weighted by Gasteiger charge is 2.10. The first kappa shape index (κ1) is 20.4. The molecule has 0 bridgehead atoms. The lowest BCUT2D eigenvalue weighted by Crippen LogP contribution is -2.18. The maximum absolute atomic E-state index is 12.4. The molecule has 0 saturated heterocycles. The molecule has 0 heterocycles. The van der Waals surface area contributed by atoms with E-state index < -0.39 is 0 Å². The summed E-state index contributed by atoms with van der Waals surface area (Å²) in [5.41, 5.74) is 3.65. The van der Waals surface area contributed by atoms with Gasteiger partial charge in [0.2, 0.25) is 0 Å². The molecule has 0 fully saturated rings. The number of rotatable bonds is 8. The Bertz CT molecular complexity index is 940. The Morgan fingerprint density at radius 2 is 1.62 bits per heavy atom. The molecule has 0 atom stereocenters. The Morgan fingerprint density at radius 3 is 2.28 bits per heavy atom. The number of benzene rings is 3. The number of carbonyl (C=O) groups excluding carboxylic acids is 1. The zero-order valence-electron chi connectivity index (χ0n) is 17.0. The van der Waals surface area contributed by atoms with Gasteiger partial charge in [-0.05, 0) is 42.9 Å². The van der Waals surface area contributed by atoms with Crippen molar-refractivity contribution in [2.75, 3.05) is 26.6 Å². The lowest BCUT2D eigenvalue weighted by Gasteiger charge is -2.19. The number of hydrogen-bond donors (Lipinski definition) is 1. The largest absolute Gasteiger partial charge is 0.497 e. The summed E-state index contributed by atoms with van der Waals surface area (Å²) in [5, 5.41) is 2.90. The Balaban J connectivity index is 1.60. The van der Waals surface area contributed by atoms with Crippen LogP contribution in [0, 0.1) is 0 Å². The van der Waals surface area contributed by atoms with Crippen LogP contribution < -0.4 is 14.8 Å². The number of anilines is 1. The summed E-state index contributed by atoms with van der Waals surface area (Å²) in [6.07, 6.45) is 0. The Morgan fingerprint density at radius 1 is 0.897 bits per heavy atom. The van der Waals surface area contributed by atoms with E-state index in [2.05, 4.69) is 17.3 Å². The van der Waals surface area contributed by atoms with E-state index in [9.17, 15) is 4.79 Å². The quantitative estimate of drug-likeness (QED) is 0.611. The molecule has 0 aliphatic heterocycles. The second-order valence-electron chi connectivity index (χ2n) is 6.87. The standard InChI is InChI=1S/C24H26N2O3/c1-26(17-20-13-14-22(28-2)15-23(20)29-3)16-18-9-11-19(12-10-18)24(27)25-21-7-5-4-6-8-21/h4-15H,16-17H2,1-3H3,(H,25,27). The number of para-hydroxylation sites is 1. The smallest absolute Gasteiger partial charge is 0.255 e. The maximum atomic E-state index is 12.4. The molecule has 0 aromatic heterocycles. The van der Waals surface area contributed by atoms with Gasteiger partial charge < -0.3 is 14.8 Å². The minimum Gasteiger partial charge on any atom is -0.497 e. The van der Waals surface area contributed by atoms with Crippen LogP contribution in [0.25, 0.3) is 0 Å². The van der Waals surface area contributed by atoms with Gasteiger partial charge in [0.25, 0.3) is 5.91 Å². The van der Waals surface area contributed by atoms with Crippen molar-refractivity contribution in [2.24, 2.45) is 0 Å². The highest BCUT2D eigenvalue weighted by atomic mass is 16.5. The molecule has 0 unspecified atom stereocenters. The first-order valence-electron chi connectivity index (χ1n) is 9.44. The van der Waals surface area contributed by atoms with Gasteiger partial charge in [0.1, 0.15) is 11.5 Å². The first-order chi connectivity index (χ1) is 14.1. The normalized spacial score (nSPS) is 10.6. The molecule has 0 radical (unpaired) electrons. The van der Waals surface area contributed by atoms with E-state index in [1.165, 1.54) is 0 Å². The van der Waals surface area contributed by atoms with Crippen LogP contribution in [0.15, 0.2) is 72.8 Å². The maximum Gasteiger partial charge on any atom is 0.255 e. The van der Waals surface area contributed by atoms with Crippen LogP contribution in [-0.4, -0.2) is 32.1 Å². The molecular weight excluding hydrogens is 364 g/mol. The molecule has 3 aromatic rings. The zero-order chi connectivity index (χ0) is 20.6. The second-order valence-corrected chi connectivity index (χ2v) is 6.87. The molecule has 0 saturated carbocycles. The van der Waals surface area contributed by atoms with Crippen molar-refractivity contribution in [2.45, 2.75) is 13.1 Å². The molecule has 1 N–H and O–H groups in total. The van der Waals surface area contributed by atoms with Crippen molar-refractivity contribution in [3.05, 3.63) is 89.5 Å². The van der Waals surface area contributed by atoms with Crippen LogP contribution in [0.2, 0.25) is 0 Å². The Labute approximate surface area is 171 Å². The molecule has 3 aromatic carbocycles. The van der Waals surface area contributed by atoms with Gasteiger partial charge in [0.15, 0.2) is 0 Å². The van der Waals surface area contributed by atoms with Crippen molar-refractivity contribution < 1.29 is 14.3 Å². The third-order valence-corrected chi connectivity index (χ3v) is 4.63. The fourth-order valence-electron chi connectivity index (χ4n) is 3.13. The number of amides is 1. The summed E-state index contributed by atoms with van der Waals surface area (Å²) in [7, 11) is 5.36. The fraction of sp³-hybridized carbons (Fsp3) is 0.208. The van der Waals surface area contributed by atoms with Crippen LogP contribution in [0.3, 0.4) is 0 Å². The number of methoxy groups -OCH3 is 2. The second kappa shape index (κ2) is 9.75. The van der Waals surface area contributed by atoms with Crippen molar-refractivity contribution in [3.63, 3.8) is 0 Å². The van der Waals surface area contributed by atoms with Crippen LogP contribution >= 0.6 is 0 Å². The lowest BCUT2D eigenvalue weighted by molar-refractivity contribution is 0.102. The van der Waals surface area contributed by atoms with E-state index >= 15 is 0 Å². The van der Waals surface area contributed by atoms with E-state index in [1.807, 2.05) is 72.8 Å². The van der Waals surface area contributed by atoms with Gasteiger partial charge in [0, 0.05) is 36.0 Å². The van der Waals surface area contributed by atoms with Crippen LogP contribution in [-0.2, 0) is 13.1 Å². The van der Waals surface area contributed by atoms with E-state index in [0.29, 0.717) is 5.56 Å². The number of hydrogen-bond acceptors (Lipinski definition) is 4. The molecule has 0 aliphatic carbocycles. The molecule has 29 heavy (non-hydrogen) atoms. The number of nitrogens with zero attached hydrogens (tertiary/aromatic N) is 1. The van der Waals surface area contributed by atoms with Gasteiger partial charge in [-0.1, -0.05) is 36.4 Å². The monoisotopic (exact) mass is 390 g/mol. The summed E-state index contributed by atoms with van der Waals surface area (Å²) < 4.78 is 10.7. The zero-order valence-corrected chi connectivity index (χ0v) is 17.0.